The number of hydrogen-bond acceptors (Lipinski definition) is 3. The first-order valence-corrected chi connectivity index (χ1v) is 5.53. The second-order valence-corrected chi connectivity index (χ2v) is 3.70. The van der Waals surface area contributed by atoms with Crippen LogP contribution in [0.25, 0.3) is 0 Å². The predicted molar refractivity (Wildman–Crippen MR) is 68.5 cm³/mol. The quantitative estimate of drug-likeness (QED) is 0.785. The Morgan fingerprint density at radius 1 is 1.53 bits per heavy atom. The number of carbonyl (C=O) groups excluding carboxylic acids is 1. The van der Waals surface area contributed by atoms with Gasteiger partial charge in [0.1, 0.15) is 5.75 Å². The van der Waals surface area contributed by atoms with Gasteiger partial charge in [-0.25, -0.2) is 0 Å². The molecule has 1 amide bonds. The molecule has 0 saturated heterocycles. The molecular formula is C12H15ClN2O2. The molecule has 0 bridgehead atoms. The third-order valence-electron chi connectivity index (χ3n) is 2.09. The molecule has 0 unspecified atom stereocenters. The standard InChI is InChI=1S/C12H15ClN2O2/c1-17-11-5-4-9(13)8-10(11)12(16)15-7-3-2-6-14/h2-5,8H,6-7,14H2,1H3,(H,15,16)/b3-2+. The molecular weight excluding hydrogens is 240 g/mol. The molecule has 1 aromatic carbocycles. The molecule has 0 aliphatic carbocycles. The van der Waals surface area contributed by atoms with Crippen LogP contribution < -0.4 is 15.8 Å². The van der Waals surface area contributed by atoms with E-state index in [1.807, 2.05) is 0 Å². The maximum Gasteiger partial charge on any atom is 0.255 e. The highest BCUT2D eigenvalue weighted by Crippen LogP contribution is 2.22. The number of methoxy groups -OCH3 is 1. The SMILES string of the molecule is COc1ccc(Cl)cc1C(=O)NC/C=C/CN. The first-order valence-electron chi connectivity index (χ1n) is 5.16. The van der Waals surface area contributed by atoms with E-state index in [1.165, 1.54) is 7.11 Å². The molecule has 0 atom stereocenters. The lowest BCUT2D eigenvalue weighted by atomic mass is 10.2. The maximum absolute atomic E-state index is 11.8. The highest BCUT2D eigenvalue weighted by molar-refractivity contribution is 6.31. The Morgan fingerprint density at radius 3 is 2.94 bits per heavy atom. The smallest absolute Gasteiger partial charge is 0.255 e. The van der Waals surface area contributed by atoms with Crippen molar-refractivity contribution >= 4 is 17.5 Å². The van der Waals surface area contributed by atoms with Gasteiger partial charge < -0.3 is 15.8 Å². The molecule has 0 saturated carbocycles. The van der Waals surface area contributed by atoms with E-state index in [1.54, 1.807) is 30.4 Å². The van der Waals surface area contributed by atoms with Crippen LogP contribution in [0.1, 0.15) is 10.4 Å². The summed E-state index contributed by atoms with van der Waals surface area (Å²) in [6.07, 6.45) is 3.56. The fourth-order valence-corrected chi connectivity index (χ4v) is 1.46. The van der Waals surface area contributed by atoms with Crippen LogP contribution in [-0.4, -0.2) is 26.1 Å². The summed E-state index contributed by atoms with van der Waals surface area (Å²) < 4.78 is 5.09. The van der Waals surface area contributed by atoms with Crippen molar-refractivity contribution in [3.05, 3.63) is 40.9 Å². The predicted octanol–water partition coefficient (Wildman–Crippen LogP) is 1.59. The van der Waals surface area contributed by atoms with E-state index >= 15 is 0 Å². The Balaban J connectivity index is 2.73. The van der Waals surface area contributed by atoms with Crippen molar-refractivity contribution in [1.29, 1.82) is 0 Å². The first-order chi connectivity index (χ1) is 8.19. The number of nitrogens with one attached hydrogen (secondary N) is 1. The second kappa shape index (κ2) is 6.93. The number of ether oxygens (including phenoxy) is 1. The molecule has 0 radical (unpaired) electrons. The normalized spacial score (nSPS) is 10.5. The minimum absolute atomic E-state index is 0.231. The lowest BCUT2D eigenvalue weighted by molar-refractivity contribution is 0.0955. The molecule has 92 valence electrons. The molecule has 0 spiro atoms. The molecule has 0 fully saturated rings. The zero-order valence-electron chi connectivity index (χ0n) is 9.57. The first kappa shape index (κ1) is 13.5. The van der Waals surface area contributed by atoms with Crippen LogP contribution in [0, 0.1) is 0 Å². The van der Waals surface area contributed by atoms with Crippen molar-refractivity contribution in [2.24, 2.45) is 5.73 Å². The fraction of sp³-hybridized carbons (Fsp3) is 0.250. The fourth-order valence-electron chi connectivity index (χ4n) is 1.28. The van der Waals surface area contributed by atoms with Crippen LogP contribution in [0.2, 0.25) is 5.02 Å². The lowest BCUT2D eigenvalue weighted by Crippen LogP contribution is -2.24. The Kier molecular flexibility index (Phi) is 5.52. The summed E-state index contributed by atoms with van der Waals surface area (Å²) in [5.41, 5.74) is 5.70. The highest BCUT2D eigenvalue weighted by atomic mass is 35.5. The second-order valence-electron chi connectivity index (χ2n) is 3.26. The Bertz CT molecular complexity index is 419. The Labute approximate surface area is 105 Å². The van der Waals surface area contributed by atoms with Crippen molar-refractivity contribution in [3.63, 3.8) is 0 Å². The van der Waals surface area contributed by atoms with E-state index in [-0.39, 0.29) is 5.91 Å². The molecule has 0 aromatic heterocycles. The molecule has 0 aliphatic heterocycles. The van der Waals surface area contributed by atoms with Crippen molar-refractivity contribution < 1.29 is 9.53 Å². The van der Waals surface area contributed by atoms with Gasteiger partial charge in [0.05, 0.1) is 12.7 Å². The van der Waals surface area contributed by atoms with E-state index in [4.69, 9.17) is 22.1 Å². The largest absolute Gasteiger partial charge is 0.496 e. The Morgan fingerprint density at radius 2 is 2.29 bits per heavy atom. The average Bonchev–Trinajstić information content (AvgIpc) is 2.34. The van der Waals surface area contributed by atoms with Gasteiger partial charge in [-0.15, -0.1) is 0 Å². The van der Waals surface area contributed by atoms with E-state index in [9.17, 15) is 4.79 Å². The molecule has 1 rings (SSSR count). The van der Waals surface area contributed by atoms with Gasteiger partial charge in [-0.05, 0) is 18.2 Å². The van der Waals surface area contributed by atoms with E-state index < -0.39 is 0 Å². The minimum Gasteiger partial charge on any atom is -0.496 e. The van der Waals surface area contributed by atoms with Crippen LogP contribution in [-0.2, 0) is 0 Å². The van der Waals surface area contributed by atoms with Gasteiger partial charge in [0.15, 0.2) is 0 Å². The molecule has 1 aromatic rings. The van der Waals surface area contributed by atoms with Gasteiger partial charge in [0.2, 0.25) is 0 Å². The zero-order valence-corrected chi connectivity index (χ0v) is 10.3. The van der Waals surface area contributed by atoms with Crippen molar-refractivity contribution in [2.75, 3.05) is 20.2 Å². The number of carbonyl (C=O) groups is 1. The van der Waals surface area contributed by atoms with Crippen LogP contribution in [0.5, 0.6) is 5.75 Å². The third-order valence-corrected chi connectivity index (χ3v) is 2.32. The van der Waals surface area contributed by atoms with Crippen LogP contribution in [0.3, 0.4) is 0 Å². The number of nitrogens with two attached hydrogens (primary N) is 1. The van der Waals surface area contributed by atoms with Crippen molar-refractivity contribution in [2.45, 2.75) is 0 Å². The van der Waals surface area contributed by atoms with Crippen LogP contribution in [0.15, 0.2) is 30.4 Å². The molecule has 3 N–H and O–H groups in total. The summed E-state index contributed by atoms with van der Waals surface area (Å²) in [5, 5.41) is 3.21. The van der Waals surface area contributed by atoms with Gasteiger partial charge in [-0.2, -0.15) is 0 Å². The summed E-state index contributed by atoms with van der Waals surface area (Å²) in [6, 6.07) is 4.90. The molecule has 4 nitrogen and oxygen atoms in total. The Hall–Kier alpha value is -1.52. The van der Waals surface area contributed by atoms with Gasteiger partial charge in [-0.3, -0.25) is 4.79 Å². The molecule has 17 heavy (non-hydrogen) atoms. The monoisotopic (exact) mass is 254 g/mol. The summed E-state index contributed by atoms with van der Waals surface area (Å²) in [7, 11) is 1.51. The number of hydrogen-bond donors (Lipinski definition) is 2. The van der Waals surface area contributed by atoms with Crippen LogP contribution >= 0.6 is 11.6 Å². The summed E-state index contributed by atoms with van der Waals surface area (Å²) in [4.78, 5) is 11.8. The van der Waals surface area contributed by atoms with Crippen molar-refractivity contribution in [1.82, 2.24) is 5.32 Å². The van der Waals surface area contributed by atoms with E-state index in [2.05, 4.69) is 5.32 Å². The summed E-state index contributed by atoms with van der Waals surface area (Å²) in [5.74, 6) is 0.265. The molecule has 0 heterocycles. The van der Waals surface area contributed by atoms with E-state index in [0.717, 1.165) is 0 Å². The topological polar surface area (TPSA) is 64.3 Å². The van der Waals surface area contributed by atoms with Gasteiger partial charge in [0, 0.05) is 18.1 Å². The highest BCUT2D eigenvalue weighted by Gasteiger charge is 2.11. The zero-order chi connectivity index (χ0) is 12.7. The number of benzene rings is 1. The average molecular weight is 255 g/mol. The summed E-state index contributed by atoms with van der Waals surface area (Å²) >= 11 is 5.84. The number of rotatable bonds is 5. The molecule has 5 heteroatoms. The lowest BCUT2D eigenvalue weighted by Gasteiger charge is -2.08. The third kappa shape index (κ3) is 4.09. The number of amides is 1. The summed E-state index contributed by atoms with van der Waals surface area (Å²) in [6.45, 7) is 0.877. The molecule has 0 aliphatic rings. The maximum atomic E-state index is 11.8. The van der Waals surface area contributed by atoms with Gasteiger partial charge >= 0.3 is 0 Å². The van der Waals surface area contributed by atoms with Gasteiger partial charge in [-0.1, -0.05) is 23.8 Å². The van der Waals surface area contributed by atoms with Crippen molar-refractivity contribution in [3.8, 4) is 5.75 Å². The van der Waals surface area contributed by atoms with Crippen LogP contribution in [0.4, 0.5) is 0 Å². The van der Waals surface area contributed by atoms with E-state index in [0.29, 0.717) is 29.4 Å². The van der Waals surface area contributed by atoms with Gasteiger partial charge in [0.25, 0.3) is 5.91 Å². The number of halogens is 1. The minimum atomic E-state index is -0.231.